The Morgan fingerprint density at radius 1 is 0.879 bits per heavy atom. The van der Waals surface area contributed by atoms with Crippen molar-refractivity contribution in [3.05, 3.63) is 24.3 Å². The van der Waals surface area contributed by atoms with E-state index in [1.54, 1.807) is 0 Å². The number of carboxylic acids is 1. The third kappa shape index (κ3) is 23.3. The van der Waals surface area contributed by atoms with Crippen molar-refractivity contribution < 1.29 is 29.0 Å². The summed E-state index contributed by atoms with van der Waals surface area (Å²) in [4.78, 5) is 23.0. The second-order valence-electron chi connectivity index (χ2n) is 10.0. The largest absolute Gasteiger partial charge is 0.550 e. The fraction of sp³-hybridized carbons (Fsp3) is 0.778. The van der Waals surface area contributed by atoms with E-state index in [0.717, 1.165) is 32.1 Å². The van der Waals surface area contributed by atoms with Crippen molar-refractivity contribution in [3.8, 4) is 0 Å². The zero-order valence-electron chi connectivity index (χ0n) is 21.6. The Morgan fingerprint density at radius 2 is 1.45 bits per heavy atom. The zero-order valence-corrected chi connectivity index (χ0v) is 21.6. The number of ether oxygens (including phenoxy) is 1. The molecule has 0 amide bonds. The van der Waals surface area contributed by atoms with Crippen LogP contribution in [0.1, 0.15) is 96.8 Å². The number of quaternary nitrogens is 1. The Labute approximate surface area is 202 Å². The molecule has 0 aromatic heterocycles. The Hall–Kier alpha value is -1.66. The summed E-state index contributed by atoms with van der Waals surface area (Å²) in [6.45, 7) is 2.60. The summed E-state index contributed by atoms with van der Waals surface area (Å²) >= 11 is 0. The van der Waals surface area contributed by atoms with Crippen molar-refractivity contribution in [1.82, 2.24) is 0 Å². The smallest absolute Gasteiger partial charge is 0.308 e. The molecular formula is C27H49NO5. The van der Waals surface area contributed by atoms with Gasteiger partial charge in [0.05, 0.1) is 33.7 Å². The number of hydrogen-bond acceptors (Lipinski definition) is 5. The first-order valence-electron chi connectivity index (χ1n) is 12.8. The molecule has 192 valence electrons. The van der Waals surface area contributed by atoms with E-state index in [1.165, 1.54) is 38.5 Å². The number of hydrogen-bond donors (Lipinski definition) is 1. The number of nitrogens with zero attached hydrogens (tertiary/aromatic N) is 1. The summed E-state index contributed by atoms with van der Waals surface area (Å²) in [6.07, 6.45) is 20.3. The van der Waals surface area contributed by atoms with Crippen LogP contribution in [-0.2, 0) is 14.3 Å². The number of esters is 1. The quantitative estimate of drug-likeness (QED) is 0.118. The molecule has 0 rings (SSSR count). The van der Waals surface area contributed by atoms with Gasteiger partial charge in [-0.1, -0.05) is 69.8 Å². The van der Waals surface area contributed by atoms with Crippen molar-refractivity contribution in [2.75, 3.05) is 27.7 Å². The van der Waals surface area contributed by atoms with E-state index in [2.05, 4.69) is 31.2 Å². The van der Waals surface area contributed by atoms with Crippen LogP contribution in [-0.4, -0.2) is 61.4 Å². The Kier molecular flexibility index (Phi) is 18.8. The summed E-state index contributed by atoms with van der Waals surface area (Å²) in [7, 11) is 5.69. The van der Waals surface area contributed by atoms with Crippen molar-refractivity contribution in [3.63, 3.8) is 0 Å². The van der Waals surface area contributed by atoms with E-state index in [9.17, 15) is 19.8 Å². The Balaban J connectivity index is 3.80. The average Bonchev–Trinajstić information content (AvgIpc) is 2.68. The molecule has 0 radical (unpaired) electrons. The molecule has 0 fully saturated rings. The topological polar surface area (TPSA) is 86.7 Å². The molecule has 6 heteroatoms. The summed E-state index contributed by atoms with van der Waals surface area (Å²) in [5.41, 5.74) is 0. The molecule has 1 N–H and O–H groups in total. The van der Waals surface area contributed by atoms with E-state index in [4.69, 9.17) is 4.74 Å². The maximum atomic E-state index is 12.1. The monoisotopic (exact) mass is 467 g/mol. The molecule has 33 heavy (non-hydrogen) atoms. The molecule has 0 heterocycles. The van der Waals surface area contributed by atoms with Crippen molar-refractivity contribution in [2.24, 2.45) is 0 Å². The standard InChI is InChI=1S/C27H49NO5/c1-5-6-7-8-9-10-11-12-13-14-15-16-17-18-19-20-24(29)21-27(32)33-25(22-26(30)31)23-28(2,3)4/h9-10,12-13,24-25,29H,5-8,11,14-23H2,1-4H3/b10-9-,13-12-/t24-,25?/m1/s1. The van der Waals surface area contributed by atoms with E-state index in [1.807, 2.05) is 21.1 Å². The molecule has 0 aliphatic rings. The molecule has 6 nitrogen and oxygen atoms in total. The lowest BCUT2D eigenvalue weighted by molar-refractivity contribution is -0.873. The Bertz CT molecular complexity index is 565. The van der Waals surface area contributed by atoms with Crippen LogP contribution in [0.5, 0.6) is 0 Å². The van der Waals surface area contributed by atoms with Crippen molar-refractivity contribution >= 4 is 11.9 Å². The number of rotatable bonds is 21. The van der Waals surface area contributed by atoms with Gasteiger partial charge < -0.3 is 24.2 Å². The summed E-state index contributed by atoms with van der Waals surface area (Å²) in [5, 5.41) is 21.0. The average molecular weight is 468 g/mol. The van der Waals surface area contributed by atoms with Crippen molar-refractivity contribution in [1.29, 1.82) is 0 Å². The highest BCUT2D eigenvalue weighted by Gasteiger charge is 2.23. The van der Waals surface area contributed by atoms with E-state index in [-0.39, 0.29) is 12.8 Å². The minimum absolute atomic E-state index is 0.0987. The molecule has 0 aromatic carbocycles. The number of carbonyl (C=O) groups is 2. The molecule has 2 atom stereocenters. The minimum atomic E-state index is -1.24. The number of carbonyl (C=O) groups excluding carboxylic acids is 2. The van der Waals surface area contributed by atoms with Crippen LogP contribution < -0.4 is 5.11 Å². The van der Waals surface area contributed by atoms with Crippen LogP contribution >= 0.6 is 0 Å². The van der Waals surface area contributed by atoms with Gasteiger partial charge in [0.25, 0.3) is 0 Å². The Morgan fingerprint density at radius 3 is 2.03 bits per heavy atom. The van der Waals surface area contributed by atoms with Crippen LogP contribution in [0, 0.1) is 0 Å². The van der Waals surface area contributed by atoms with Crippen molar-refractivity contribution in [2.45, 2.75) is 109 Å². The van der Waals surface area contributed by atoms with Gasteiger partial charge in [-0.15, -0.1) is 0 Å². The van der Waals surface area contributed by atoms with Gasteiger partial charge in [-0.25, -0.2) is 0 Å². The molecular weight excluding hydrogens is 418 g/mol. The number of aliphatic carboxylic acids is 1. The number of likely N-dealkylation sites (N-methyl/N-ethyl adjacent to an activating group) is 1. The predicted molar refractivity (Wildman–Crippen MR) is 132 cm³/mol. The number of carboxylic acid groups (broad SMARTS) is 1. The van der Waals surface area contributed by atoms with Gasteiger partial charge in [0.1, 0.15) is 6.54 Å². The summed E-state index contributed by atoms with van der Waals surface area (Å²) in [6, 6.07) is 0. The SMILES string of the molecule is CCCCC/C=C\C/C=C\CCCCCCC[C@@H](O)CC(=O)OC(CC(=O)[O-])C[N+](C)(C)C. The third-order valence-electron chi connectivity index (χ3n) is 5.33. The van der Waals surface area contributed by atoms with Gasteiger partial charge >= 0.3 is 5.97 Å². The first-order valence-corrected chi connectivity index (χ1v) is 12.8. The molecule has 1 unspecified atom stereocenters. The van der Waals surface area contributed by atoms with Gasteiger partial charge in [0.15, 0.2) is 6.10 Å². The second-order valence-corrected chi connectivity index (χ2v) is 10.0. The zero-order chi connectivity index (χ0) is 25.0. The van der Waals surface area contributed by atoms with E-state index >= 15 is 0 Å². The van der Waals surface area contributed by atoms with Gasteiger partial charge in [0.2, 0.25) is 0 Å². The fourth-order valence-electron chi connectivity index (χ4n) is 3.66. The van der Waals surface area contributed by atoms with E-state index < -0.39 is 24.1 Å². The van der Waals surface area contributed by atoms with Gasteiger partial charge in [-0.3, -0.25) is 4.79 Å². The van der Waals surface area contributed by atoms with Crippen LogP contribution in [0.2, 0.25) is 0 Å². The van der Waals surface area contributed by atoms with Crippen LogP contribution in [0.4, 0.5) is 0 Å². The number of unbranched alkanes of at least 4 members (excludes halogenated alkanes) is 8. The van der Waals surface area contributed by atoms with Gasteiger partial charge in [-0.2, -0.15) is 0 Å². The summed E-state index contributed by atoms with van der Waals surface area (Å²) in [5.74, 6) is -1.79. The molecule has 0 saturated carbocycles. The summed E-state index contributed by atoms with van der Waals surface area (Å²) < 4.78 is 5.76. The molecule has 0 aliphatic heterocycles. The van der Waals surface area contributed by atoms with Crippen LogP contribution in [0.15, 0.2) is 24.3 Å². The van der Waals surface area contributed by atoms with Gasteiger partial charge in [-0.05, 0) is 38.5 Å². The lowest BCUT2D eigenvalue weighted by Crippen LogP contribution is -2.45. The minimum Gasteiger partial charge on any atom is -0.550 e. The maximum absolute atomic E-state index is 12.1. The van der Waals surface area contributed by atoms with Gasteiger partial charge in [0, 0.05) is 12.4 Å². The van der Waals surface area contributed by atoms with Crippen LogP contribution in [0.3, 0.4) is 0 Å². The number of aliphatic hydroxyl groups is 1. The highest BCUT2D eigenvalue weighted by atomic mass is 16.5. The lowest BCUT2D eigenvalue weighted by atomic mass is 10.1. The maximum Gasteiger partial charge on any atom is 0.308 e. The highest BCUT2D eigenvalue weighted by Crippen LogP contribution is 2.13. The van der Waals surface area contributed by atoms with E-state index in [0.29, 0.717) is 17.4 Å². The molecule has 0 aliphatic carbocycles. The first kappa shape index (κ1) is 31.3. The molecule has 0 spiro atoms. The van der Waals surface area contributed by atoms with Crippen LogP contribution in [0.25, 0.3) is 0 Å². The predicted octanol–water partition coefficient (Wildman–Crippen LogP) is 4.31. The lowest BCUT2D eigenvalue weighted by Gasteiger charge is -2.29. The first-order chi connectivity index (χ1) is 15.6. The second kappa shape index (κ2) is 19.8. The normalized spacial score (nSPS) is 14.1. The number of aliphatic hydroxyl groups excluding tert-OH is 1. The third-order valence-corrected chi connectivity index (χ3v) is 5.33. The molecule has 0 saturated heterocycles. The molecule has 0 aromatic rings. The number of allylic oxidation sites excluding steroid dienone is 4. The highest BCUT2D eigenvalue weighted by molar-refractivity contribution is 5.71. The molecule has 0 bridgehead atoms. The fourth-order valence-corrected chi connectivity index (χ4v) is 3.66.